The number of carbonyl (C=O) groups is 1. The highest BCUT2D eigenvalue weighted by Gasteiger charge is 2.06. The first-order chi connectivity index (χ1) is 13.6. The number of fused-ring (bicyclic) bond motifs is 1. The van der Waals surface area contributed by atoms with Crippen molar-refractivity contribution in [1.29, 1.82) is 0 Å². The topological polar surface area (TPSA) is 115 Å². The van der Waals surface area contributed by atoms with Gasteiger partial charge in [0.1, 0.15) is 18.5 Å². The van der Waals surface area contributed by atoms with E-state index in [1.807, 2.05) is 12.1 Å². The Bertz CT molecular complexity index is 894. The maximum absolute atomic E-state index is 10.9. The summed E-state index contributed by atoms with van der Waals surface area (Å²) < 4.78 is 7.64. The molecule has 8 heteroatoms. The fraction of sp³-hybridized carbons (Fsp3) is 0.350. The number of hydrogen-bond donors (Lipinski definition) is 3. The average molecular weight is 383 g/mol. The van der Waals surface area contributed by atoms with Gasteiger partial charge in [0.2, 0.25) is 5.91 Å². The second-order valence-corrected chi connectivity index (χ2v) is 6.59. The molecule has 8 nitrogen and oxygen atoms in total. The fourth-order valence-corrected chi connectivity index (χ4v) is 2.88. The third-order valence-electron chi connectivity index (χ3n) is 4.27. The number of benzene rings is 1. The molecule has 0 radical (unpaired) electrons. The highest BCUT2D eigenvalue weighted by atomic mass is 16.5. The van der Waals surface area contributed by atoms with E-state index in [4.69, 9.17) is 10.5 Å². The summed E-state index contributed by atoms with van der Waals surface area (Å²) in [4.78, 5) is 19.4. The van der Waals surface area contributed by atoms with Crippen LogP contribution in [0.4, 0.5) is 0 Å². The van der Waals surface area contributed by atoms with E-state index in [1.54, 1.807) is 36.8 Å². The highest BCUT2D eigenvalue weighted by Crippen LogP contribution is 2.13. The van der Waals surface area contributed by atoms with Gasteiger partial charge in [-0.15, -0.1) is 0 Å². The zero-order valence-corrected chi connectivity index (χ0v) is 15.6. The molecule has 28 heavy (non-hydrogen) atoms. The molecule has 1 atom stereocenters. The molecule has 0 aliphatic carbocycles. The number of carbonyl (C=O) groups excluding carboxylic acids is 1. The summed E-state index contributed by atoms with van der Waals surface area (Å²) in [5.41, 5.74) is 7.78. The van der Waals surface area contributed by atoms with Crippen LogP contribution in [0, 0.1) is 0 Å². The van der Waals surface area contributed by atoms with Gasteiger partial charge in [-0.3, -0.25) is 4.79 Å². The van der Waals surface area contributed by atoms with Gasteiger partial charge in [0.05, 0.1) is 18.3 Å². The lowest BCUT2D eigenvalue weighted by atomic mass is 10.1. The lowest BCUT2D eigenvalue weighted by molar-refractivity contribution is -0.117. The van der Waals surface area contributed by atoms with Crippen LogP contribution in [0.2, 0.25) is 0 Å². The number of hydrogen-bond acceptors (Lipinski definition) is 6. The first kappa shape index (κ1) is 19.8. The summed E-state index contributed by atoms with van der Waals surface area (Å²) in [5.74, 6) is 0.279. The Balaban J connectivity index is 1.31. The number of rotatable bonds is 11. The number of amides is 1. The van der Waals surface area contributed by atoms with E-state index in [-0.39, 0.29) is 18.9 Å². The minimum atomic E-state index is -0.608. The number of primary amides is 1. The van der Waals surface area contributed by atoms with Crippen molar-refractivity contribution in [1.82, 2.24) is 19.9 Å². The monoisotopic (exact) mass is 383 g/mol. The van der Waals surface area contributed by atoms with Gasteiger partial charge in [-0.2, -0.15) is 0 Å². The molecular formula is C20H25N5O3. The predicted molar refractivity (Wildman–Crippen MR) is 106 cm³/mol. The number of ether oxygens (including phenoxy) is 1. The molecule has 1 aromatic carbocycles. The van der Waals surface area contributed by atoms with Crippen molar-refractivity contribution in [3.8, 4) is 5.75 Å². The molecule has 2 aromatic heterocycles. The van der Waals surface area contributed by atoms with Crippen LogP contribution in [0.1, 0.15) is 12.0 Å². The largest absolute Gasteiger partial charge is 0.491 e. The number of nitrogens with one attached hydrogen (secondary N) is 1. The quantitative estimate of drug-likeness (QED) is 0.423. The zero-order valence-electron chi connectivity index (χ0n) is 15.6. The Morgan fingerprint density at radius 3 is 2.86 bits per heavy atom. The first-order valence-corrected chi connectivity index (χ1v) is 9.26. The summed E-state index contributed by atoms with van der Waals surface area (Å²) in [5, 5.41) is 13.3. The van der Waals surface area contributed by atoms with Crippen molar-refractivity contribution in [3.63, 3.8) is 0 Å². The lowest BCUT2D eigenvalue weighted by Crippen LogP contribution is -2.32. The summed E-state index contributed by atoms with van der Waals surface area (Å²) in [6, 6.07) is 11.0. The van der Waals surface area contributed by atoms with Gasteiger partial charge in [-0.1, -0.05) is 12.1 Å². The molecule has 3 rings (SSSR count). The second kappa shape index (κ2) is 9.82. The van der Waals surface area contributed by atoms with Gasteiger partial charge < -0.3 is 25.5 Å². The Morgan fingerprint density at radius 1 is 1.25 bits per heavy atom. The maximum Gasteiger partial charge on any atom is 0.221 e. The highest BCUT2D eigenvalue weighted by molar-refractivity contribution is 5.76. The van der Waals surface area contributed by atoms with E-state index in [9.17, 15) is 9.90 Å². The Labute approximate surface area is 163 Å². The molecule has 1 unspecified atom stereocenters. The molecule has 2 heterocycles. The maximum atomic E-state index is 10.9. The van der Waals surface area contributed by atoms with Crippen molar-refractivity contribution >= 4 is 17.1 Å². The third-order valence-corrected chi connectivity index (χ3v) is 4.27. The molecule has 0 saturated carbocycles. The SMILES string of the molecule is NC(=O)Cc1ccc(OCC(O)CNCCCn2cnc3ncccc32)cc1. The van der Waals surface area contributed by atoms with Crippen LogP contribution in [0.25, 0.3) is 11.2 Å². The van der Waals surface area contributed by atoms with Crippen LogP contribution in [-0.2, 0) is 17.8 Å². The van der Waals surface area contributed by atoms with Crippen LogP contribution in [-0.4, -0.2) is 51.3 Å². The van der Waals surface area contributed by atoms with E-state index in [2.05, 4.69) is 19.9 Å². The Kier molecular flexibility index (Phi) is 6.94. The summed E-state index contributed by atoms with van der Waals surface area (Å²) in [6.07, 6.45) is 4.05. The number of pyridine rings is 1. The van der Waals surface area contributed by atoms with Gasteiger partial charge >= 0.3 is 0 Å². The van der Waals surface area contributed by atoms with Gasteiger partial charge in [0.15, 0.2) is 5.65 Å². The van der Waals surface area contributed by atoms with E-state index < -0.39 is 6.10 Å². The van der Waals surface area contributed by atoms with Crippen LogP contribution in [0.3, 0.4) is 0 Å². The molecule has 0 bridgehead atoms. The number of aliphatic hydroxyl groups is 1. The number of aromatic nitrogens is 3. The van der Waals surface area contributed by atoms with E-state index in [0.29, 0.717) is 12.3 Å². The predicted octanol–water partition coefficient (Wildman–Crippen LogP) is 0.879. The summed E-state index contributed by atoms with van der Waals surface area (Å²) in [7, 11) is 0. The molecule has 0 spiro atoms. The smallest absolute Gasteiger partial charge is 0.221 e. The molecule has 0 aliphatic heterocycles. The van der Waals surface area contributed by atoms with Gasteiger partial charge in [0, 0.05) is 19.3 Å². The number of nitrogens with zero attached hydrogens (tertiary/aromatic N) is 3. The van der Waals surface area contributed by atoms with Gasteiger partial charge in [-0.25, -0.2) is 9.97 Å². The summed E-state index contributed by atoms with van der Waals surface area (Å²) >= 11 is 0. The molecule has 0 saturated heterocycles. The second-order valence-electron chi connectivity index (χ2n) is 6.59. The van der Waals surface area contributed by atoms with Crippen molar-refractivity contribution in [3.05, 3.63) is 54.5 Å². The van der Waals surface area contributed by atoms with Crippen LogP contribution in [0.15, 0.2) is 48.9 Å². The van der Waals surface area contributed by atoms with Gasteiger partial charge in [0.25, 0.3) is 0 Å². The normalized spacial score (nSPS) is 12.2. The summed E-state index contributed by atoms with van der Waals surface area (Å²) in [6.45, 7) is 2.25. The minimum absolute atomic E-state index is 0.194. The van der Waals surface area contributed by atoms with E-state index in [1.165, 1.54) is 0 Å². The Morgan fingerprint density at radius 2 is 2.07 bits per heavy atom. The molecule has 0 aliphatic rings. The fourth-order valence-electron chi connectivity index (χ4n) is 2.88. The standard InChI is InChI=1S/C20H25N5O3/c21-19(27)11-15-4-6-17(7-5-15)28-13-16(26)12-22-8-2-10-25-14-24-20-18(25)3-1-9-23-20/h1,3-7,9,14,16,22,26H,2,8,10-13H2,(H2,21,27). The van der Waals surface area contributed by atoms with Crippen molar-refractivity contribution in [2.24, 2.45) is 5.73 Å². The zero-order chi connectivity index (χ0) is 19.8. The average Bonchev–Trinajstić information content (AvgIpc) is 3.10. The first-order valence-electron chi connectivity index (χ1n) is 9.26. The number of aliphatic hydroxyl groups excluding tert-OH is 1. The number of aryl methyl sites for hydroxylation is 1. The van der Waals surface area contributed by atoms with Crippen LogP contribution >= 0.6 is 0 Å². The third kappa shape index (κ3) is 5.77. The number of imidazole rings is 1. The van der Waals surface area contributed by atoms with Crippen LogP contribution in [0.5, 0.6) is 5.75 Å². The number of nitrogens with two attached hydrogens (primary N) is 1. The van der Waals surface area contributed by atoms with Crippen molar-refractivity contribution in [2.45, 2.75) is 25.5 Å². The van der Waals surface area contributed by atoms with Crippen molar-refractivity contribution in [2.75, 3.05) is 19.7 Å². The molecule has 3 aromatic rings. The molecule has 148 valence electrons. The molecular weight excluding hydrogens is 358 g/mol. The Hall–Kier alpha value is -2.97. The minimum Gasteiger partial charge on any atom is -0.491 e. The van der Waals surface area contributed by atoms with E-state index in [0.717, 1.165) is 36.2 Å². The molecule has 0 fully saturated rings. The van der Waals surface area contributed by atoms with Crippen molar-refractivity contribution < 1.29 is 14.6 Å². The van der Waals surface area contributed by atoms with E-state index >= 15 is 0 Å². The van der Waals surface area contributed by atoms with Gasteiger partial charge in [-0.05, 0) is 42.8 Å². The lowest BCUT2D eigenvalue weighted by Gasteiger charge is -2.13. The molecule has 1 amide bonds. The van der Waals surface area contributed by atoms with Crippen LogP contribution < -0.4 is 15.8 Å². The molecule has 4 N–H and O–H groups in total.